The number of para-hydroxylation sites is 1. The van der Waals surface area contributed by atoms with Crippen LogP contribution in [-0.4, -0.2) is 61.6 Å². The second-order valence-electron chi connectivity index (χ2n) is 5.82. The van der Waals surface area contributed by atoms with Crippen molar-refractivity contribution in [3.63, 3.8) is 0 Å². The largest absolute Gasteiger partial charge is 0.366 e. The van der Waals surface area contributed by atoms with Crippen LogP contribution in [0.3, 0.4) is 0 Å². The second kappa shape index (κ2) is 7.10. The van der Waals surface area contributed by atoms with E-state index in [4.69, 9.17) is 4.74 Å². The molecule has 1 N–H and O–H groups in total. The number of hydrogen-bond donors (Lipinski definition) is 1. The van der Waals surface area contributed by atoms with Gasteiger partial charge >= 0.3 is 0 Å². The van der Waals surface area contributed by atoms with Crippen molar-refractivity contribution in [1.82, 2.24) is 10.2 Å². The lowest BCUT2D eigenvalue weighted by Crippen LogP contribution is -2.54. The zero-order valence-electron chi connectivity index (χ0n) is 13.4. The lowest BCUT2D eigenvalue weighted by atomic mass is 10.1. The van der Waals surface area contributed by atoms with E-state index in [1.165, 1.54) is 0 Å². The fourth-order valence-electron chi connectivity index (χ4n) is 3.26. The molecular formula is C17H23N3O3. The minimum atomic E-state index is -0.484. The number of rotatable bonds is 4. The number of anilines is 1. The molecule has 1 aromatic rings. The maximum absolute atomic E-state index is 12.8. The van der Waals surface area contributed by atoms with E-state index in [0.29, 0.717) is 32.7 Å². The Bertz CT molecular complexity index is 557. The predicted octanol–water partition coefficient (Wildman–Crippen LogP) is 0.629. The minimum Gasteiger partial charge on any atom is -0.366 e. The molecule has 2 saturated heterocycles. The molecule has 0 aromatic heterocycles. The average Bonchev–Trinajstić information content (AvgIpc) is 2.99. The van der Waals surface area contributed by atoms with Crippen LogP contribution in [0.4, 0.5) is 5.69 Å². The van der Waals surface area contributed by atoms with E-state index in [0.717, 1.165) is 12.2 Å². The summed E-state index contributed by atoms with van der Waals surface area (Å²) in [7, 11) is 0. The van der Waals surface area contributed by atoms with Crippen LogP contribution in [0.2, 0.25) is 0 Å². The Morgan fingerprint density at radius 1 is 1.39 bits per heavy atom. The minimum absolute atomic E-state index is 0.00447. The van der Waals surface area contributed by atoms with Gasteiger partial charge in [-0.15, -0.1) is 0 Å². The van der Waals surface area contributed by atoms with Gasteiger partial charge < -0.3 is 19.9 Å². The number of likely N-dealkylation sites (N-methyl/N-ethyl adjacent to an activating group) is 1. The third kappa shape index (κ3) is 3.23. The van der Waals surface area contributed by atoms with E-state index < -0.39 is 12.1 Å². The van der Waals surface area contributed by atoms with Crippen molar-refractivity contribution >= 4 is 17.5 Å². The van der Waals surface area contributed by atoms with Gasteiger partial charge in [-0.05, 0) is 25.5 Å². The highest BCUT2D eigenvalue weighted by Gasteiger charge is 2.40. The number of carbonyl (C=O) groups excluding carboxylic acids is 2. The highest BCUT2D eigenvalue weighted by atomic mass is 16.5. The smallest absolute Gasteiger partial charge is 0.253 e. The van der Waals surface area contributed by atoms with Crippen LogP contribution in [0.5, 0.6) is 0 Å². The summed E-state index contributed by atoms with van der Waals surface area (Å²) >= 11 is 0. The number of benzene rings is 1. The molecule has 2 aliphatic heterocycles. The lowest BCUT2D eigenvalue weighted by Gasteiger charge is -2.32. The fraction of sp³-hybridized carbons (Fsp3) is 0.529. The van der Waals surface area contributed by atoms with Gasteiger partial charge in [-0.2, -0.15) is 0 Å². The van der Waals surface area contributed by atoms with Gasteiger partial charge in [0.2, 0.25) is 5.91 Å². The first-order valence-electron chi connectivity index (χ1n) is 8.21. The highest BCUT2D eigenvalue weighted by molar-refractivity contribution is 6.01. The lowest BCUT2D eigenvalue weighted by molar-refractivity contribution is -0.149. The number of hydrogen-bond acceptors (Lipinski definition) is 4. The molecule has 0 saturated carbocycles. The van der Waals surface area contributed by atoms with Crippen molar-refractivity contribution in [3.05, 3.63) is 30.3 Å². The Labute approximate surface area is 136 Å². The molecule has 3 rings (SSSR count). The highest BCUT2D eigenvalue weighted by Crippen LogP contribution is 2.24. The molecule has 6 nitrogen and oxygen atoms in total. The van der Waals surface area contributed by atoms with Gasteiger partial charge in [0, 0.05) is 31.9 Å². The van der Waals surface area contributed by atoms with Crippen molar-refractivity contribution in [2.24, 2.45) is 0 Å². The molecule has 2 unspecified atom stereocenters. The van der Waals surface area contributed by atoms with Gasteiger partial charge in [-0.1, -0.05) is 18.2 Å². The molecule has 124 valence electrons. The number of carbonyl (C=O) groups is 2. The molecule has 2 amide bonds. The van der Waals surface area contributed by atoms with E-state index >= 15 is 0 Å². The SMILES string of the molecule is CCN(C(=O)C1CNCCO1)C1CCN(c2ccccc2)C1=O. The van der Waals surface area contributed by atoms with Gasteiger partial charge in [0.05, 0.1) is 6.61 Å². The molecule has 2 heterocycles. The summed E-state index contributed by atoms with van der Waals surface area (Å²) in [5.74, 6) is -0.0943. The summed E-state index contributed by atoms with van der Waals surface area (Å²) in [4.78, 5) is 28.9. The van der Waals surface area contributed by atoms with Gasteiger partial charge in [0.25, 0.3) is 5.91 Å². The number of ether oxygens (including phenoxy) is 1. The van der Waals surface area contributed by atoms with Crippen LogP contribution in [0.1, 0.15) is 13.3 Å². The summed E-state index contributed by atoms with van der Waals surface area (Å²) in [6.07, 6.45) is 0.176. The molecule has 0 spiro atoms. The van der Waals surface area contributed by atoms with Gasteiger partial charge in [-0.3, -0.25) is 9.59 Å². The maximum Gasteiger partial charge on any atom is 0.253 e. The third-order valence-electron chi connectivity index (χ3n) is 4.45. The predicted molar refractivity (Wildman–Crippen MR) is 87.2 cm³/mol. The molecule has 23 heavy (non-hydrogen) atoms. The van der Waals surface area contributed by atoms with E-state index in [2.05, 4.69) is 5.32 Å². The Hall–Kier alpha value is -1.92. The van der Waals surface area contributed by atoms with E-state index in [9.17, 15) is 9.59 Å². The monoisotopic (exact) mass is 317 g/mol. The van der Waals surface area contributed by atoms with Crippen molar-refractivity contribution in [3.8, 4) is 0 Å². The van der Waals surface area contributed by atoms with Crippen LogP contribution in [-0.2, 0) is 14.3 Å². The molecule has 0 radical (unpaired) electrons. The molecule has 0 bridgehead atoms. The number of nitrogens with zero attached hydrogens (tertiary/aromatic N) is 2. The van der Waals surface area contributed by atoms with Crippen LogP contribution in [0.15, 0.2) is 30.3 Å². The van der Waals surface area contributed by atoms with E-state index in [1.54, 1.807) is 9.80 Å². The topological polar surface area (TPSA) is 61.9 Å². The van der Waals surface area contributed by atoms with Gasteiger partial charge in [0.1, 0.15) is 12.1 Å². The summed E-state index contributed by atoms with van der Waals surface area (Å²) in [6.45, 7) is 4.87. The third-order valence-corrected chi connectivity index (χ3v) is 4.45. The first kappa shape index (κ1) is 16.0. The molecule has 2 fully saturated rings. The Morgan fingerprint density at radius 3 is 2.83 bits per heavy atom. The summed E-state index contributed by atoms with van der Waals surface area (Å²) in [5, 5.41) is 3.16. The standard InChI is InChI=1S/C17H23N3O3/c1-2-19(17(22)15-12-18-9-11-23-15)14-8-10-20(16(14)21)13-6-4-3-5-7-13/h3-7,14-15,18H,2,8-12H2,1H3. The molecule has 2 atom stereocenters. The van der Waals surface area contributed by atoms with Crippen molar-refractivity contribution in [1.29, 1.82) is 0 Å². The summed E-state index contributed by atoms with van der Waals surface area (Å²) < 4.78 is 5.55. The van der Waals surface area contributed by atoms with E-state index in [1.807, 2.05) is 37.3 Å². The Morgan fingerprint density at radius 2 is 2.17 bits per heavy atom. The normalized spacial score (nSPS) is 24.7. The Balaban J connectivity index is 1.72. The molecule has 0 aliphatic carbocycles. The van der Waals surface area contributed by atoms with Crippen molar-refractivity contribution in [2.75, 3.05) is 37.7 Å². The number of morpholine rings is 1. The molecule has 6 heteroatoms. The Kier molecular flexibility index (Phi) is 4.93. The van der Waals surface area contributed by atoms with Crippen molar-refractivity contribution < 1.29 is 14.3 Å². The van der Waals surface area contributed by atoms with Crippen LogP contribution < -0.4 is 10.2 Å². The first-order chi connectivity index (χ1) is 11.2. The zero-order chi connectivity index (χ0) is 16.2. The van der Waals surface area contributed by atoms with Gasteiger partial charge in [-0.25, -0.2) is 0 Å². The second-order valence-corrected chi connectivity index (χ2v) is 5.82. The fourth-order valence-corrected chi connectivity index (χ4v) is 3.26. The summed E-state index contributed by atoms with van der Waals surface area (Å²) in [5.41, 5.74) is 0.888. The molecule has 1 aromatic carbocycles. The van der Waals surface area contributed by atoms with Crippen LogP contribution >= 0.6 is 0 Å². The van der Waals surface area contributed by atoms with Gasteiger partial charge in [0.15, 0.2) is 0 Å². The molecular weight excluding hydrogens is 294 g/mol. The average molecular weight is 317 g/mol. The van der Waals surface area contributed by atoms with Crippen molar-refractivity contribution in [2.45, 2.75) is 25.5 Å². The van der Waals surface area contributed by atoms with E-state index in [-0.39, 0.29) is 11.8 Å². The molecule has 2 aliphatic rings. The zero-order valence-corrected chi connectivity index (χ0v) is 13.4. The van der Waals surface area contributed by atoms with Crippen LogP contribution in [0, 0.1) is 0 Å². The number of nitrogens with one attached hydrogen (secondary N) is 1. The summed E-state index contributed by atoms with van der Waals surface area (Å²) in [6, 6.07) is 9.22. The quantitative estimate of drug-likeness (QED) is 0.885. The number of amides is 2. The maximum atomic E-state index is 12.8. The first-order valence-corrected chi connectivity index (χ1v) is 8.21. The van der Waals surface area contributed by atoms with Crippen LogP contribution in [0.25, 0.3) is 0 Å².